The van der Waals surface area contributed by atoms with Crippen LogP contribution in [0.25, 0.3) is 0 Å². The number of aryl methyl sites for hydroxylation is 2. The zero-order valence-corrected chi connectivity index (χ0v) is 12.6. The predicted molar refractivity (Wildman–Crippen MR) is 76.1 cm³/mol. The molecule has 2 heterocycles. The Morgan fingerprint density at radius 3 is 2.75 bits per heavy atom. The van der Waals surface area contributed by atoms with Gasteiger partial charge in [0.2, 0.25) is 0 Å². The van der Waals surface area contributed by atoms with E-state index in [1.807, 2.05) is 24.9 Å². The molecule has 2 aromatic rings. The number of aromatic nitrogens is 5. The van der Waals surface area contributed by atoms with E-state index in [4.69, 9.17) is 0 Å². The number of hydrogen-bond acceptors (Lipinski definition) is 4. The fraction of sp³-hybridized carbons (Fsp3) is 0.643. The molecule has 0 aliphatic rings. The summed E-state index contributed by atoms with van der Waals surface area (Å²) < 4.78 is 3.62. The molecule has 1 unspecified atom stereocenters. The maximum atomic E-state index is 10.4. The molecule has 0 amide bonds. The van der Waals surface area contributed by atoms with E-state index in [0.717, 1.165) is 30.0 Å². The van der Waals surface area contributed by atoms with Gasteiger partial charge in [-0.15, -0.1) is 0 Å². The SMILES string of the molecule is CCc1nn(C)cc1C(O)Cc1ncnn1CC(C)C. The van der Waals surface area contributed by atoms with Crippen LogP contribution in [0.1, 0.15) is 44.0 Å². The van der Waals surface area contributed by atoms with Gasteiger partial charge in [0.05, 0.1) is 11.8 Å². The molecule has 0 saturated heterocycles. The first-order valence-electron chi connectivity index (χ1n) is 7.08. The zero-order chi connectivity index (χ0) is 14.7. The van der Waals surface area contributed by atoms with Gasteiger partial charge in [0, 0.05) is 31.8 Å². The standard InChI is InChI=1S/C14H23N5O/c1-5-12-11(8-18(4)17-12)13(20)6-14-15-9-16-19(14)7-10(2)3/h8-10,13,20H,5-7H2,1-4H3. The molecule has 0 aliphatic carbocycles. The van der Waals surface area contributed by atoms with Crippen LogP contribution in [0.2, 0.25) is 0 Å². The summed E-state index contributed by atoms with van der Waals surface area (Å²) in [6, 6.07) is 0. The minimum atomic E-state index is -0.589. The van der Waals surface area contributed by atoms with Gasteiger partial charge in [0.25, 0.3) is 0 Å². The monoisotopic (exact) mass is 277 g/mol. The molecule has 2 aromatic heterocycles. The Hall–Kier alpha value is -1.69. The van der Waals surface area contributed by atoms with Crippen LogP contribution < -0.4 is 0 Å². The number of aliphatic hydroxyl groups excluding tert-OH is 1. The number of nitrogens with zero attached hydrogens (tertiary/aromatic N) is 5. The Balaban J connectivity index is 2.15. The first-order valence-corrected chi connectivity index (χ1v) is 7.08. The van der Waals surface area contributed by atoms with Crippen molar-refractivity contribution in [2.45, 2.75) is 46.3 Å². The van der Waals surface area contributed by atoms with E-state index < -0.39 is 6.10 Å². The molecule has 0 fully saturated rings. The lowest BCUT2D eigenvalue weighted by Crippen LogP contribution is -2.13. The molecule has 0 aliphatic heterocycles. The second kappa shape index (κ2) is 6.17. The van der Waals surface area contributed by atoms with Crippen LogP contribution in [-0.4, -0.2) is 29.7 Å². The predicted octanol–water partition coefficient (Wildman–Crippen LogP) is 1.51. The Kier molecular flexibility index (Phi) is 4.54. The van der Waals surface area contributed by atoms with Crippen molar-refractivity contribution in [2.75, 3.05) is 0 Å². The average molecular weight is 277 g/mol. The smallest absolute Gasteiger partial charge is 0.138 e. The van der Waals surface area contributed by atoms with Crippen LogP contribution in [0.4, 0.5) is 0 Å². The van der Waals surface area contributed by atoms with Crippen molar-refractivity contribution < 1.29 is 5.11 Å². The highest BCUT2D eigenvalue weighted by Crippen LogP contribution is 2.21. The second-order valence-corrected chi connectivity index (χ2v) is 5.53. The van der Waals surface area contributed by atoms with Gasteiger partial charge in [-0.1, -0.05) is 20.8 Å². The first-order chi connectivity index (χ1) is 9.51. The molecule has 1 N–H and O–H groups in total. The molecular formula is C14H23N5O. The topological polar surface area (TPSA) is 68.8 Å². The highest BCUT2D eigenvalue weighted by molar-refractivity contribution is 5.20. The Morgan fingerprint density at radius 2 is 2.10 bits per heavy atom. The van der Waals surface area contributed by atoms with Crippen LogP contribution in [0.3, 0.4) is 0 Å². The summed E-state index contributed by atoms with van der Waals surface area (Å²) >= 11 is 0. The van der Waals surface area contributed by atoms with Gasteiger partial charge in [0.15, 0.2) is 0 Å². The minimum Gasteiger partial charge on any atom is -0.388 e. The van der Waals surface area contributed by atoms with E-state index in [9.17, 15) is 5.11 Å². The largest absolute Gasteiger partial charge is 0.388 e. The van der Waals surface area contributed by atoms with Crippen molar-refractivity contribution in [1.82, 2.24) is 24.5 Å². The van der Waals surface area contributed by atoms with Gasteiger partial charge in [-0.25, -0.2) is 9.67 Å². The Morgan fingerprint density at radius 1 is 1.35 bits per heavy atom. The third kappa shape index (κ3) is 3.25. The maximum absolute atomic E-state index is 10.4. The van der Waals surface area contributed by atoms with Crippen molar-refractivity contribution in [2.24, 2.45) is 13.0 Å². The van der Waals surface area contributed by atoms with Crippen molar-refractivity contribution in [1.29, 1.82) is 0 Å². The summed E-state index contributed by atoms with van der Waals surface area (Å²) in [7, 11) is 1.87. The molecule has 2 rings (SSSR count). The summed E-state index contributed by atoms with van der Waals surface area (Å²) in [4.78, 5) is 4.26. The molecule has 6 heteroatoms. The van der Waals surface area contributed by atoms with Crippen LogP contribution in [-0.2, 0) is 26.4 Å². The van der Waals surface area contributed by atoms with E-state index >= 15 is 0 Å². The van der Waals surface area contributed by atoms with Crippen molar-refractivity contribution >= 4 is 0 Å². The Bertz CT molecular complexity index is 558. The molecular weight excluding hydrogens is 254 g/mol. The first kappa shape index (κ1) is 14.7. The van der Waals surface area contributed by atoms with Crippen molar-refractivity contribution in [3.05, 3.63) is 29.6 Å². The molecule has 1 atom stereocenters. The maximum Gasteiger partial charge on any atom is 0.138 e. The number of hydrogen-bond donors (Lipinski definition) is 1. The minimum absolute atomic E-state index is 0.464. The van der Waals surface area contributed by atoms with Crippen LogP contribution in [0.5, 0.6) is 0 Å². The van der Waals surface area contributed by atoms with Crippen LogP contribution in [0.15, 0.2) is 12.5 Å². The highest BCUT2D eigenvalue weighted by Gasteiger charge is 2.18. The molecule has 0 aromatic carbocycles. The van der Waals surface area contributed by atoms with Gasteiger partial charge in [-0.05, 0) is 12.3 Å². The fourth-order valence-corrected chi connectivity index (χ4v) is 2.33. The van der Waals surface area contributed by atoms with Crippen molar-refractivity contribution in [3.63, 3.8) is 0 Å². The molecule has 0 bridgehead atoms. The lowest BCUT2D eigenvalue weighted by atomic mass is 10.1. The van der Waals surface area contributed by atoms with Gasteiger partial charge in [-0.2, -0.15) is 10.2 Å². The lowest BCUT2D eigenvalue weighted by Gasteiger charge is -2.12. The third-order valence-corrected chi connectivity index (χ3v) is 3.24. The second-order valence-electron chi connectivity index (χ2n) is 5.53. The highest BCUT2D eigenvalue weighted by atomic mass is 16.3. The van der Waals surface area contributed by atoms with E-state index in [1.54, 1.807) is 11.0 Å². The van der Waals surface area contributed by atoms with Crippen molar-refractivity contribution in [3.8, 4) is 0 Å². The molecule has 6 nitrogen and oxygen atoms in total. The third-order valence-electron chi connectivity index (χ3n) is 3.24. The van der Waals surface area contributed by atoms with Gasteiger partial charge in [0.1, 0.15) is 12.2 Å². The van der Waals surface area contributed by atoms with Gasteiger partial charge < -0.3 is 5.11 Å². The summed E-state index contributed by atoms with van der Waals surface area (Å²) in [6.07, 6.45) is 4.12. The zero-order valence-electron chi connectivity index (χ0n) is 12.6. The quantitative estimate of drug-likeness (QED) is 0.869. The Labute approximate surface area is 119 Å². The molecule has 0 spiro atoms. The number of rotatable bonds is 6. The van der Waals surface area contributed by atoms with Crippen LogP contribution >= 0.6 is 0 Å². The average Bonchev–Trinajstić information content (AvgIpc) is 2.95. The van der Waals surface area contributed by atoms with E-state index in [2.05, 4.69) is 29.0 Å². The summed E-state index contributed by atoms with van der Waals surface area (Å²) in [6.45, 7) is 7.13. The van der Waals surface area contributed by atoms with E-state index in [1.165, 1.54) is 0 Å². The van der Waals surface area contributed by atoms with Gasteiger partial charge in [-0.3, -0.25) is 4.68 Å². The summed E-state index contributed by atoms with van der Waals surface area (Å²) in [5.41, 5.74) is 1.82. The normalized spacial score (nSPS) is 13.1. The van der Waals surface area contributed by atoms with Crippen LogP contribution in [0, 0.1) is 5.92 Å². The summed E-state index contributed by atoms with van der Waals surface area (Å²) in [5.74, 6) is 1.31. The molecule has 0 saturated carbocycles. The molecule has 20 heavy (non-hydrogen) atoms. The number of aliphatic hydroxyl groups is 1. The van der Waals surface area contributed by atoms with E-state index in [0.29, 0.717) is 12.3 Å². The molecule has 0 radical (unpaired) electrons. The lowest BCUT2D eigenvalue weighted by molar-refractivity contribution is 0.172. The van der Waals surface area contributed by atoms with E-state index in [-0.39, 0.29) is 0 Å². The molecule has 110 valence electrons. The fourth-order valence-electron chi connectivity index (χ4n) is 2.33. The summed E-state index contributed by atoms with van der Waals surface area (Å²) in [5, 5.41) is 19.0. The van der Waals surface area contributed by atoms with Gasteiger partial charge >= 0.3 is 0 Å².